The SMILES string of the molecule is O=C(Nc1cccc(I)c1)c1ccccc1Br. The number of amides is 1. The van der Waals surface area contributed by atoms with Gasteiger partial charge in [-0.25, -0.2) is 0 Å². The summed E-state index contributed by atoms with van der Waals surface area (Å²) in [6, 6.07) is 15.1. The van der Waals surface area contributed by atoms with Gasteiger partial charge in [0.15, 0.2) is 0 Å². The molecule has 0 fully saturated rings. The van der Waals surface area contributed by atoms with Crippen molar-refractivity contribution < 1.29 is 4.79 Å². The van der Waals surface area contributed by atoms with E-state index < -0.39 is 0 Å². The van der Waals surface area contributed by atoms with Crippen molar-refractivity contribution in [2.24, 2.45) is 0 Å². The number of anilines is 1. The molecule has 1 amide bonds. The maximum absolute atomic E-state index is 12.0. The Balaban J connectivity index is 2.20. The highest BCUT2D eigenvalue weighted by molar-refractivity contribution is 14.1. The fourth-order valence-corrected chi connectivity index (χ4v) is 2.42. The van der Waals surface area contributed by atoms with Crippen LogP contribution in [-0.2, 0) is 0 Å². The Morgan fingerprint density at radius 1 is 1.12 bits per heavy atom. The summed E-state index contributed by atoms with van der Waals surface area (Å²) in [6.45, 7) is 0. The number of carbonyl (C=O) groups excluding carboxylic acids is 1. The van der Waals surface area contributed by atoms with E-state index in [9.17, 15) is 4.79 Å². The monoisotopic (exact) mass is 401 g/mol. The molecule has 0 aromatic heterocycles. The highest BCUT2D eigenvalue weighted by Crippen LogP contribution is 2.18. The minimum absolute atomic E-state index is 0.112. The fraction of sp³-hybridized carbons (Fsp3) is 0. The average molecular weight is 402 g/mol. The molecule has 86 valence electrons. The molecule has 0 radical (unpaired) electrons. The van der Waals surface area contributed by atoms with Gasteiger partial charge in [-0.05, 0) is 68.9 Å². The molecule has 0 aliphatic heterocycles. The van der Waals surface area contributed by atoms with Crippen molar-refractivity contribution in [2.45, 2.75) is 0 Å². The summed E-state index contributed by atoms with van der Waals surface area (Å²) >= 11 is 5.58. The van der Waals surface area contributed by atoms with E-state index in [1.807, 2.05) is 42.5 Å². The van der Waals surface area contributed by atoms with Gasteiger partial charge in [0.05, 0.1) is 5.56 Å². The minimum Gasteiger partial charge on any atom is -0.322 e. The lowest BCUT2D eigenvalue weighted by Gasteiger charge is -2.06. The van der Waals surface area contributed by atoms with Gasteiger partial charge < -0.3 is 5.32 Å². The third-order valence-corrected chi connectivity index (χ3v) is 3.56. The van der Waals surface area contributed by atoms with E-state index in [0.717, 1.165) is 13.7 Å². The van der Waals surface area contributed by atoms with Gasteiger partial charge in [0.2, 0.25) is 0 Å². The van der Waals surface area contributed by atoms with Crippen molar-refractivity contribution in [3.05, 3.63) is 62.1 Å². The predicted molar refractivity (Wildman–Crippen MR) is 81.3 cm³/mol. The van der Waals surface area contributed by atoms with Crippen molar-refractivity contribution in [2.75, 3.05) is 5.32 Å². The van der Waals surface area contributed by atoms with Crippen LogP contribution in [0.3, 0.4) is 0 Å². The number of carbonyl (C=O) groups is 1. The first-order valence-corrected chi connectivity index (χ1v) is 6.85. The molecule has 0 heterocycles. The lowest BCUT2D eigenvalue weighted by atomic mass is 10.2. The number of benzene rings is 2. The van der Waals surface area contributed by atoms with Gasteiger partial charge in [0.25, 0.3) is 5.91 Å². The van der Waals surface area contributed by atoms with Gasteiger partial charge in [-0.1, -0.05) is 18.2 Å². The summed E-state index contributed by atoms with van der Waals surface area (Å²) in [5.41, 5.74) is 1.43. The van der Waals surface area contributed by atoms with Crippen LogP contribution in [0, 0.1) is 3.57 Å². The van der Waals surface area contributed by atoms with Crippen molar-refractivity contribution in [3.8, 4) is 0 Å². The molecular weight excluding hydrogens is 393 g/mol. The van der Waals surface area contributed by atoms with Gasteiger partial charge in [-0.2, -0.15) is 0 Å². The molecule has 17 heavy (non-hydrogen) atoms. The van der Waals surface area contributed by atoms with Crippen molar-refractivity contribution in [3.63, 3.8) is 0 Å². The molecule has 4 heteroatoms. The van der Waals surface area contributed by atoms with Crippen LogP contribution in [0.1, 0.15) is 10.4 Å². The Labute approximate surface area is 122 Å². The van der Waals surface area contributed by atoms with Gasteiger partial charge in [-0.15, -0.1) is 0 Å². The lowest BCUT2D eigenvalue weighted by molar-refractivity contribution is 0.102. The number of halogens is 2. The van der Waals surface area contributed by atoms with Crippen LogP contribution in [0.25, 0.3) is 0 Å². The smallest absolute Gasteiger partial charge is 0.256 e. The summed E-state index contributed by atoms with van der Waals surface area (Å²) in [5, 5.41) is 2.87. The Bertz CT molecular complexity index is 557. The summed E-state index contributed by atoms with van der Waals surface area (Å²) in [5.74, 6) is -0.112. The molecule has 2 nitrogen and oxygen atoms in total. The molecule has 0 aliphatic rings. The first kappa shape index (κ1) is 12.6. The molecule has 0 bridgehead atoms. The second-order valence-corrected chi connectivity index (χ2v) is 5.54. The summed E-state index contributed by atoms with van der Waals surface area (Å²) in [6.07, 6.45) is 0. The van der Waals surface area contributed by atoms with Crippen LogP contribution in [0.15, 0.2) is 53.0 Å². The zero-order chi connectivity index (χ0) is 12.3. The second-order valence-electron chi connectivity index (χ2n) is 3.44. The van der Waals surface area contributed by atoms with Crippen LogP contribution in [0.2, 0.25) is 0 Å². The maximum Gasteiger partial charge on any atom is 0.256 e. The largest absolute Gasteiger partial charge is 0.322 e. The number of nitrogens with one attached hydrogen (secondary N) is 1. The first-order valence-electron chi connectivity index (χ1n) is 4.98. The van der Waals surface area contributed by atoms with Crippen LogP contribution in [-0.4, -0.2) is 5.91 Å². The molecule has 0 atom stereocenters. The van der Waals surface area contributed by atoms with Crippen LogP contribution in [0.4, 0.5) is 5.69 Å². The van der Waals surface area contributed by atoms with Gasteiger partial charge >= 0.3 is 0 Å². The molecule has 2 aromatic rings. The quantitative estimate of drug-likeness (QED) is 0.746. The van der Waals surface area contributed by atoms with E-state index in [2.05, 4.69) is 43.8 Å². The summed E-state index contributed by atoms with van der Waals surface area (Å²) < 4.78 is 1.88. The second kappa shape index (κ2) is 5.64. The predicted octanol–water partition coefficient (Wildman–Crippen LogP) is 4.31. The standard InChI is InChI=1S/C13H9BrINO/c14-12-7-2-1-6-11(12)13(17)16-10-5-3-4-9(15)8-10/h1-8H,(H,16,17). The van der Waals surface area contributed by atoms with Crippen LogP contribution in [0.5, 0.6) is 0 Å². The molecule has 2 aromatic carbocycles. The van der Waals surface area contributed by atoms with E-state index in [-0.39, 0.29) is 5.91 Å². The third-order valence-electron chi connectivity index (χ3n) is 2.20. The van der Waals surface area contributed by atoms with Crippen LogP contribution < -0.4 is 5.32 Å². The lowest BCUT2D eigenvalue weighted by Crippen LogP contribution is -2.12. The zero-order valence-corrected chi connectivity index (χ0v) is 12.5. The molecule has 0 spiro atoms. The Kier molecular flexibility index (Phi) is 4.17. The van der Waals surface area contributed by atoms with E-state index in [1.165, 1.54) is 0 Å². The van der Waals surface area contributed by atoms with Crippen molar-refractivity contribution >= 4 is 50.1 Å². The molecule has 0 saturated carbocycles. The average Bonchev–Trinajstić information content (AvgIpc) is 2.29. The van der Waals surface area contributed by atoms with E-state index in [4.69, 9.17) is 0 Å². The first-order chi connectivity index (χ1) is 8.16. The zero-order valence-electron chi connectivity index (χ0n) is 8.78. The number of hydrogen-bond donors (Lipinski definition) is 1. The summed E-state index contributed by atoms with van der Waals surface area (Å²) in [4.78, 5) is 12.0. The number of rotatable bonds is 2. The van der Waals surface area contributed by atoms with E-state index in [1.54, 1.807) is 6.07 Å². The Hall–Kier alpha value is -0.880. The van der Waals surface area contributed by atoms with E-state index in [0.29, 0.717) is 5.56 Å². The summed E-state index contributed by atoms with van der Waals surface area (Å²) in [7, 11) is 0. The highest BCUT2D eigenvalue weighted by atomic mass is 127. The minimum atomic E-state index is -0.112. The molecular formula is C13H9BrINO. The normalized spacial score (nSPS) is 10.0. The third kappa shape index (κ3) is 3.29. The van der Waals surface area contributed by atoms with Crippen LogP contribution >= 0.6 is 38.5 Å². The fourth-order valence-electron chi connectivity index (χ4n) is 1.41. The maximum atomic E-state index is 12.0. The van der Waals surface area contributed by atoms with Gasteiger partial charge in [0.1, 0.15) is 0 Å². The Morgan fingerprint density at radius 3 is 2.59 bits per heavy atom. The van der Waals surface area contributed by atoms with Crippen molar-refractivity contribution in [1.82, 2.24) is 0 Å². The molecule has 1 N–H and O–H groups in total. The van der Waals surface area contributed by atoms with E-state index >= 15 is 0 Å². The number of hydrogen-bond acceptors (Lipinski definition) is 1. The topological polar surface area (TPSA) is 29.1 Å². The van der Waals surface area contributed by atoms with Gasteiger partial charge in [-0.3, -0.25) is 4.79 Å². The van der Waals surface area contributed by atoms with Crippen molar-refractivity contribution in [1.29, 1.82) is 0 Å². The highest BCUT2D eigenvalue weighted by Gasteiger charge is 2.09. The Morgan fingerprint density at radius 2 is 1.88 bits per heavy atom. The molecule has 0 unspecified atom stereocenters. The molecule has 0 saturated heterocycles. The van der Waals surface area contributed by atoms with Gasteiger partial charge in [0, 0.05) is 13.7 Å². The molecule has 2 rings (SSSR count). The molecule has 0 aliphatic carbocycles.